The van der Waals surface area contributed by atoms with E-state index in [1.807, 2.05) is 6.92 Å². The van der Waals surface area contributed by atoms with Crippen molar-refractivity contribution in [1.29, 1.82) is 0 Å². The number of carbonyl (C=O) groups excluding carboxylic acids is 1. The molecule has 20 heavy (non-hydrogen) atoms. The molecule has 0 saturated heterocycles. The van der Waals surface area contributed by atoms with Crippen LogP contribution >= 0.6 is 0 Å². The van der Waals surface area contributed by atoms with Gasteiger partial charge in [-0.3, -0.25) is 9.00 Å². The largest absolute Gasteiger partial charge is 0.478 e. The van der Waals surface area contributed by atoms with E-state index in [0.29, 0.717) is 11.4 Å². The molecule has 5 nitrogen and oxygen atoms in total. The van der Waals surface area contributed by atoms with Crippen LogP contribution in [-0.2, 0) is 15.6 Å². The van der Waals surface area contributed by atoms with E-state index in [4.69, 9.17) is 5.11 Å². The molecule has 2 unspecified atom stereocenters. The highest BCUT2D eigenvalue weighted by Gasteiger charge is 2.21. The molecule has 0 bridgehead atoms. The minimum atomic E-state index is -1.49. The van der Waals surface area contributed by atoms with E-state index in [2.05, 4.69) is 5.32 Å². The number of hydrogen-bond donors (Lipinski definition) is 2. The molecule has 0 fully saturated rings. The third kappa shape index (κ3) is 4.45. The summed E-state index contributed by atoms with van der Waals surface area (Å²) in [5, 5.41) is 10.9. The molecule has 2 atom stereocenters. The highest BCUT2D eigenvalue weighted by Crippen LogP contribution is 2.13. The Kier molecular flexibility index (Phi) is 6.38. The summed E-state index contributed by atoms with van der Waals surface area (Å²) in [4.78, 5) is 23.0. The van der Waals surface area contributed by atoms with Crippen LogP contribution in [0.15, 0.2) is 29.2 Å². The summed E-state index contributed by atoms with van der Waals surface area (Å²) in [5.41, 5.74) is 0.130. The topological polar surface area (TPSA) is 83.5 Å². The van der Waals surface area contributed by atoms with Crippen LogP contribution in [0.4, 0.5) is 0 Å². The lowest BCUT2D eigenvalue weighted by Gasteiger charge is -2.12. The molecular weight excluding hydrogens is 278 g/mol. The summed E-state index contributed by atoms with van der Waals surface area (Å²) in [6.07, 6.45) is 1.87. The van der Waals surface area contributed by atoms with Gasteiger partial charge in [-0.15, -0.1) is 0 Å². The Balaban J connectivity index is 2.68. The number of nitrogens with one attached hydrogen (secondary N) is 1. The third-order valence-electron chi connectivity index (χ3n) is 2.85. The van der Waals surface area contributed by atoms with Crippen LogP contribution in [0.25, 0.3) is 0 Å². The van der Waals surface area contributed by atoms with Crippen molar-refractivity contribution in [2.45, 2.75) is 36.8 Å². The third-order valence-corrected chi connectivity index (χ3v) is 4.45. The minimum absolute atomic E-state index is 0.130. The van der Waals surface area contributed by atoms with E-state index in [0.717, 1.165) is 12.8 Å². The van der Waals surface area contributed by atoms with Crippen LogP contribution in [0, 0.1) is 0 Å². The molecule has 0 aliphatic heterocycles. The van der Waals surface area contributed by atoms with Gasteiger partial charge < -0.3 is 10.4 Å². The number of carboxylic acids is 1. The van der Waals surface area contributed by atoms with Crippen LogP contribution < -0.4 is 5.32 Å². The van der Waals surface area contributed by atoms with Gasteiger partial charge in [-0.25, -0.2) is 4.79 Å². The van der Waals surface area contributed by atoms with Gasteiger partial charge in [-0.05, 0) is 37.6 Å². The average Bonchev–Trinajstić information content (AvgIpc) is 2.46. The lowest BCUT2D eigenvalue weighted by molar-refractivity contribution is -0.120. The minimum Gasteiger partial charge on any atom is -0.478 e. The fourth-order valence-corrected chi connectivity index (χ4v) is 2.66. The maximum Gasteiger partial charge on any atom is 0.335 e. The standard InChI is InChI=1S/C14H19NO4S/c1-3-4-9-15-13(16)10(2)20(19)12-7-5-11(6-8-12)14(17)18/h5-8,10H,3-4,9H2,1-2H3,(H,15,16)(H,17,18). The first-order valence-electron chi connectivity index (χ1n) is 6.49. The van der Waals surface area contributed by atoms with E-state index < -0.39 is 22.0 Å². The summed E-state index contributed by atoms with van der Waals surface area (Å²) < 4.78 is 12.2. The lowest BCUT2D eigenvalue weighted by atomic mass is 10.2. The molecule has 110 valence electrons. The van der Waals surface area contributed by atoms with Crippen LogP contribution in [0.2, 0.25) is 0 Å². The Bertz CT molecular complexity index is 498. The fraction of sp³-hybridized carbons (Fsp3) is 0.429. The predicted molar refractivity (Wildman–Crippen MR) is 77.2 cm³/mol. The Labute approximate surface area is 120 Å². The second kappa shape index (κ2) is 7.79. The van der Waals surface area contributed by atoms with Gasteiger partial charge in [-0.1, -0.05) is 13.3 Å². The summed E-state index contributed by atoms with van der Waals surface area (Å²) in [5.74, 6) is -1.29. The molecule has 0 heterocycles. The van der Waals surface area contributed by atoms with Gasteiger partial charge >= 0.3 is 5.97 Å². The van der Waals surface area contributed by atoms with Gasteiger partial charge in [0, 0.05) is 11.4 Å². The quantitative estimate of drug-likeness (QED) is 0.752. The Morgan fingerprint density at radius 2 is 1.90 bits per heavy atom. The van der Waals surface area contributed by atoms with E-state index in [1.54, 1.807) is 6.92 Å². The Hall–Kier alpha value is -1.69. The molecule has 2 N–H and O–H groups in total. The van der Waals surface area contributed by atoms with Crippen LogP contribution in [0.3, 0.4) is 0 Å². The van der Waals surface area contributed by atoms with Gasteiger partial charge in [0.1, 0.15) is 5.25 Å². The fourth-order valence-electron chi connectivity index (χ4n) is 1.57. The van der Waals surface area contributed by atoms with Crippen molar-refractivity contribution in [3.8, 4) is 0 Å². The zero-order chi connectivity index (χ0) is 15.1. The van der Waals surface area contributed by atoms with Crippen LogP contribution in [-0.4, -0.2) is 33.0 Å². The second-order valence-corrected chi connectivity index (χ2v) is 6.19. The summed E-state index contributed by atoms with van der Waals surface area (Å²) in [6.45, 7) is 4.20. The maximum absolute atomic E-state index is 12.2. The zero-order valence-corrected chi connectivity index (χ0v) is 12.4. The van der Waals surface area contributed by atoms with Crippen molar-refractivity contribution in [3.05, 3.63) is 29.8 Å². The molecule has 0 aliphatic carbocycles. The van der Waals surface area contributed by atoms with E-state index >= 15 is 0 Å². The number of unbranched alkanes of at least 4 members (excludes halogenated alkanes) is 1. The number of carboxylic acid groups (broad SMARTS) is 1. The predicted octanol–water partition coefficient (Wildman–Crippen LogP) is 1.80. The molecule has 0 aromatic heterocycles. The van der Waals surface area contributed by atoms with Gasteiger partial charge in [0.2, 0.25) is 5.91 Å². The Morgan fingerprint density at radius 3 is 2.40 bits per heavy atom. The van der Waals surface area contributed by atoms with Crippen LogP contribution in [0.5, 0.6) is 0 Å². The highest BCUT2D eigenvalue weighted by molar-refractivity contribution is 7.86. The number of benzene rings is 1. The smallest absolute Gasteiger partial charge is 0.335 e. The first kappa shape index (κ1) is 16.4. The SMILES string of the molecule is CCCCNC(=O)C(C)S(=O)c1ccc(C(=O)O)cc1. The van der Waals surface area contributed by atoms with E-state index in [-0.39, 0.29) is 11.5 Å². The monoisotopic (exact) mass is 297 g/mol. The molecular formula is C14H19NO4S. The average molecular weight is 297 g/mol. The van der Waals surface area contributed by atoms with Crippen molar-refractivity contribution in [2.24, 2.45) is 0 Å². The van der Waals surface area contributed by atoms with Gasteiger partial charge in [0.25, 0.3) is 0 Å². The maximum atomic E-state index is 12.2. The summed E-state index contributed by atoms with van der Waals surface area (Å²) in [7, 11) is -1.49. The Morgan fingerprint density at radius 1 is 1.30 bits per heavy atom. The summed E-state index contributed by atoms with van der Waals surface area (Å²) in [6, 6.07) is 5.74. The van der Waals surface area contributed by atoms with Gasteiger partial charge in [0.05, 0.1) is 16.4 Å². The molecule has 0 spiro atoms. The van der Waals surface area contributed by atoms with Crippen molar-refractivity contribution in [2.75, 3.05) is 6.54 Å². The van der Waals surface area contributed by atoms with Gasteiger partial charge in [0.15, 0.2) is 0 Å². The van der Waals surface area contributed by atoms with E-state index in [1.165, 1.54) is 24.3 Å². The second-order valence-electron chi connectivity index (χ2n) is 4.41. The number of carbonyl (C=O) groups is 2. The highest BCUT2D eigenvalue weighted by atomic mass is 32.2. The van der Waals surface area contributed by atoms with Crippen LogP contribution in [0.1, 0.15) is 37.0 Å². The molecule has 6 heteroatoms. The lowest BCUT2D eigenvalue weighted by Crippen LogP contribution is -2.35. The number of amides is 1. The number of rotatable bonds is 7. The molecule has 1 aromatic carbocycles. The molecule has 0 aliphatic rings. The van der Waals surface area contributed by atoms with Gasteiger partial charge in [-0.2, -0.15) is 0 Å². The zero-order valence-electron chi connectivity index (χ0n) is 11.6. The molecule has 1 amide bonds. The number of aromatic carboxylic acids is 1. The van der Waals surface area contributed by atoms with Crippen molar-refractivity contribution in [3.63, 3.8) is 0 Å². The number of hydrogen-bond acceptors (Lipinski definition) is 3. The van der Waals surface area contributed by atoms with E-state index in [9.17, 15) is 13.8 Å². The molecule has 0 radical (unpaired) electrons. The normalized spacial score (nSPS) is 13.5. The van der Waals surface area contributed by atoms with Crippen molar-refractivity contribution >= 4 is 22.7 Å². The summed E-state index contributed by atoms with van der Waals surface area (Å²) >= 11 is 0. The molecule has 0 saturated carbocycles. The first-order valence-corrected chi connectivity index (χ1v) is 7.70. The first-order chi connectivity index (χ1) is 9.47. The van der Waals surface area contributed by atoms with Crippen molar-refractivity contribution < 1.29 is 18.9 Å². The molecule has 1 aromatic rings. The van der Waals surface area contributed by atoms with Crippen molar-refractivity contribution in [1.82, 2.24) is 5.32 Å². The molecule has 1 rings (SSSR count).